The van der Waals surface area contributed by atoms with Crippen molar-refractivity contribution in [2.75, 3.05) is 19.4 Å². The Morgan fingerprint density at radius 3 is 2.43 bits per heavy atom. The molecular formula is C17H19N3O3. The van der Waals surface area contributed by atoms with E-state index in [1.807, 2.05) is 13.0 Å². The molecule has 0 fully saturated rings. The lowest BCUT2D eigenvalue weighted by atomic mass is 10.1. The van der Waals surface area contributed by atoms with E-state index < -0.39 is 0 Å². The number of hydrogen-bond donors (Lipinski definition) is 1. The van der Waals surface area contributed by atoms with Crippen LogP contribution in [-0.2, 0) is 7.05 Å². The van der Waals surface area contributed by atoms with Gasteiger partial charge >= 0.3 is 0 Å². The molecule has 0 saturated carbocycles. The Hall–Kier alpha value is -2.89. The van der Waals surface area contributed by atoms with E-state index >= 15 is 0 Å². The van der Waals surface area contributed by atoms with Crippen molar-refractivity contribution >= 4 is 17.5 Å². The molecule has 1 heterocycles. The molecule has 1 aromatic heterocycles. The predicted molar refractivity (Wildman–Crippen MR) is 88.8 cm³/mol. The van der Waals surface area contributed by atoms with Gasteiger partial charge in [0, 0.05) is 32.9 Å². The smallest absolute Gasteiger partial charge is 0.274 e. The third-order valence-corrected chi connectivity index (χ3v) is 3.36. The fraction of sp³-hybridized carbons (Fsp3) is 0.235. The molecule has 23 heavy (non-hydrogen) atoms. The molecule has 0 bridgehead atoms. The molecule has 6 heteroatoms. The van der Waals surface area contributed by atoms with Gasteiger partial charge in [0.1, 0.15) is 5.69 Å². The molecule has 0 unspecified atom stereocenters. The van der Waals surface area contributed by atoms with Crippen molar-refractivity contribution in [1.29, 1.82) is 0 Å². The zero-order valence-corrected chi connectivity index (χ0v) is 13.6. The van der Waals surface area contributed by atoms with Crippen LogP contribution in [0.15, 0.2) is 41.3 Å². The first-order chi connectivity index (χ1) is 10.8. The van der Waals surface area contributed by atoms with Crippen molar-refractivity contribution in [1.82, 2.24) is 9.47 Å². The normalized spacial score (nSPS) is 10.3. The molecule has 0 radical (unpaired) electrons. The molecule has 1 N–H and O–H groups in total. The van der Waals surface area contributed by atoms with Gasteiger partial charge in [-0.1, -0.05) is 17.7 Å². The van der Waals surface area contributed by atoms with Crippen LogP contribution in [0.4, 0.5) is 5.69 Å². The minimum absolute atomic E-state index is 0.0757. The first-order valence-corrected chi connectivity index (χ1v) is 7.10. The summed E-state index contributed by atoms with van der Waals surface area (Å²) < 4.78 is 1.28. The molecule has 2 aromatic rings. The van der Waals surface area contributed by atoms with Crippen molar-refractivity contribution in [3.05, 3.63) is 63.6 Å². The van der Waals surface area contributed by atoms with Crippen LogP contribution in [0.2, 0.25) is 0 Å². The molecule has 0 atom stereocenters. The number of anilines is 1. The Balaban J connectivity index is 2.37. The molecule has 2 rings (SSSR count). The van der Waals surface area contributed by atoms with Crippen LogP contribution >= 0.6 is 0 Å². The molecule has 0 saturated heterocycles. The van der Waals surface area contributed by atoms with Crippen molar-refractivity contribution in [3.8, 4) is 0 Å². The van der Waals surface area contributed by atoms with E-state index in [9.17, 15) is 14.4 Å². The zero-order valence-electron chi connectivity index (χ0n) is 13.6. The van der Waals surface area contributed by atoms with Gasteiger partial charge in [-0.3, -0.25) is 14.4 Å². The summed E-state index contributed by atoms with van der Waals surface area (Å²) in [4.78, 5) is 37.9. The maximum atomic E-state index is 12.3. The number of amides is 2. The van der Waals surface area contributed by atoms with Crippen LogP contribution < -0.4 is 10.9 Å². The second-order valence-electron chi connectivity index (χ2n) is 5.58. The van der Waals surface area contributed by atoms with Crippen LogP contribution in [0, 0.1) is 6.92 Å². The number of aryl methyl sites for hydroxylation is 2. The molecule has 1 aromatic carbocycles. The van der Waals surface area contributed by atoms with E-state index in [1.165, 1.54) is 28.8 Å². The zero-order chi connectivity index (χ0) is 17.1. The Kier molecular flexibility index (Phi) is 4.64. The van der Waals surface area contributed by atoms with Gasteiger partial charge in [0.25, 0.3) is 17.4 Å². The highest BCUT2D eigenvalue weighted by Crippen LogP contribution is 2.10. The topological polar surface area (TPSA) is 71.4 Å². The van der Waals surface area contributed by atoms with Crippen LogP contribution in [0.5, 0.6) is 0 Å². The Morgan fingerprint density at radius 1 is 1.13 bits per heavy atom. The van der Waals surface area contributed by atoms with E-state index in [1.54, 1.807) is 32.3 Å². The minimum Gasteiger partial charge on any atom is -0.345 e. The molecule has 0 aliphatic rings. The first-order valence-electron chi connectivity index (χ1n) is 7.10. The van der Waals surface area contributed by atoms with Gasteiger partial charge in [-0.25, -0.2) is 0 Å². The second-order valence-corrected chi connectivity index (χ2v) is 5.58. The van der Waals surface area contributed by atoms with Gasteiger partial charge < -0.3 is 14.8 Å². The molecule has 120 valence electrons. The number of carbonyl (C=O) groups excluding carboxylic acids is 2. The second kappa shape index (κ2) is 6.48. The maximum Gasteiger partial charge on any atom is 0.274 e. The van der Waals surface area contributed by atoms with E-state index in [0.29, 0.717) is 11.1 Å². The average molecular weight is 313 g/mol. The number of nitrogens with zero attached hydrogens (tertiary/aromatic N) is 2. The molecule has 6 nitrogen and oxygen atoms in total. The van der Waals surface area contributed by atoms with Crippen LogP contribution in [0.25, 0.3) is 0 Å². The third-order valence-electron chi connectivity index (χ3n) is 3.36. The Labute approximate surface area is 134 Å². The highest BCUT2D eigenvalue weighted by atomic mass is 16.2. The summed E-state index contributed by atoms with van der Waals surface area (Å²) in [7, 11) is 4.79. The molecule has 0 aliphatic heterocycles. The molecular weight excluding hydrogens is 294 g/mol. The van der Waals surface area contributed by atoms with Crippen molar-refractivity contribution in [2.24, 2.45) is 7.05 Å². The SMILES string of the molecule is Cc1cccc(C(=O)Nc2cc(C(=O)N(C)C)cn(C)c2=O)c1. The number of aromatic nitrogens is 1. The van der Waals surface area contributed by atoms with Gasteiger partial charge in [-0.15, -0.1) is 0 Å². The Bertz CT molecular complexity index is 822. The number of rotatable bonds is 3. The maximum absolute atomic E-state index is 12.3. The van der Waals surface area contributed by atoms with Gasteiger partial charge in [0.2, 0.25) is 0 Å². The largest absolute Gasteiger partial charge is 0.345 e. The number of benzene rings is 1. The van der Waals surface area contributed by atoms with Gasteiger partial charge in [-0.2, -0.15) is 0 Å². The summed E-state index contributed by atoms with van der Waals surface area (Å²) in [5.74, 6) is -0.632. The van der Waals surface area contributed by atoms with Crippen LogP contribution in [0.1, 0.15) is 26.3 Å². The van der Waals surface area contributed by atoms with E-state index in [0.717, 1.165) is 5.56 Å². The summed E-state index contributed by atoms with van der Waals surface area (Å²) in [6, 6.07) is 8.45. The van der Waals surface area contributed by atoms with E-state index in [2.05, 4.69) is 5.32 Å². The fourth-order valence-electron chi connectivity index (χ4n) is 2.16. The highest BCUT2D eigenvalue weighted by molar-refractivity contribution is 6.05. The van der Waals surface area contributed by atoms with Gasteiger partial charge in [0.15, 0.2) is 0 Å². The van der Waals surface area contributed by atoms with Gasteiger partial charge in [-0.05, 0) is 25.1 Å². The number of hydrogen-bond acceptors (Lipinski definition) is 3. The lowest BCUT2D eigenvalue weighted by Gasteiger charge is -2.13. The molecule has 0 aliphatic carbocycles. The monoisotopic (exact) mass is 313 g/mol. The number of carbonyl (C=O) groups is 2. The van der Waals surface area contributed by atoms with Crippen LogP contribution in [-0.4, -0.2) is 35.4 Å². The third kappa shape index (κ3) is 3.66. The molecule has 2 amide bonds. The number of pyridine rings is 1. The van der Waals surface area contributed by atoms with E-state index in [-0.39, 0.29) is 23.1 Å². The summed E-state index contributed by atoms with van der Waals surface area (Å²) in [6.07, 6.45) is 1.45. The van der Waals surface area contributed by atoms with Crippen molar-refractivity contribution in [2.45, 2.75) is 6.92 Å². The summed E-state index contributed by atoms with van der Waals surface area (Å²) in [6.45, 7) is 1.88. The van der Waals surface area contributed by atoms with Gasteiger partial charge in [0.05, 0.1) is 5.56 Å². The van der Waals surface area contributed by atoms with Crippen LogP contribution in [0.3, 0.4) is 0 Å². The minimum atomic E-state index is -0.389. The van der Waals surface area contributed by atoms with E-state index in [4.69, 9.17) is 0 Å². The Morgan fingerprint density at radius 2 is 1.83 bits per heavy atom. The van der Waals surface area contributed by atoms with Crippen molar-refractivity contribution < 1.29 is 9.59 Å². The lowest BCUT2D eigenvalue weighted by molar-refractivity contribution is 0.0826. The quantitative estimate of drug-likeness (QED) is 0.936. The predicted octanol–water partition coefficient (Wildman–Crippen LogP) is 1.65. The highest BCUT2D eigenvalue weighted by Gasteiger charge is 2.15. The lowest BCUT2D eigenvalue weighted by Crippen LogP contribution is -2.28. The molecule has 0 spiro atoms. The fourth-order valence-corrected chi connectivity index (χ4v) is 2.16. The first kappa shape index (κ1) is 16.5. The summed E-state index contributed by atoms with van der Waals surface area (Å²) in [5.41, 5.74) is 1.43. The summed E-state index contributed by atoms with van der Waals surface area (Å²) >= 11 is 0. The average Bonchev–Trinajstić information content (AvgIpc) is 2.50. The number of nitrogens with one attached hydrogen (secondary N) is 1. The standard InChI is InChI=1S/C17H19N3O3/c1-11-6-5-7-12(8-11)15(21)18-14-9-13(16(22)19(2)3)10-20(4)17(14)23/h5-10H,1-4H3,(H,18,21). The summed E-state index contributed by atoms with van der Waals surface area (Å²) in [5, 5.41) is 2.59. The van der Waals surface area contributed by atoms with Crippen molar-refractivity contribution in [3.63, 3.8) is 0 Å².